The smallest absolute Gasteiger partial charge is 0.271 e. The van der Waals surface area contributed by atoms with E-state index in [1.54, 1.807) is 66.0 Å². The fraction of sp³-hybridized carbons (Fsp3) is 0. The highest BCUT2D eigenvalue weighted by Crippen LogP contribution is 2.21. The molecule has 0 atom stereocenters. The van der Waals surface area contributed by atoms with Crippen LogP contribution in [0.5, 0.6) is 0 Å². The van der Waals surface area contributed by atoms with Gasteiger partial charge in [0.05, 0.1) is 0 Å². The quantitative estimate of drug-likeness (QED) is 0.728. The first-order valence-electron chi connectivity index (χ1n) is 7.07. The molecule has 2 N–H and O–H groups in total. The van der Waals surface area contributed by atoms with Gasteiger partial charge in [-0.25, -0.2) is 8.42 Å². The summed E-state index contributed by atoms with van der Waals surface area (Å²) in [6.45, 7) is 0. The topological polar surface area (TPSA) is 75.3 Å². The van der Waals surface area contributed by atoms with Crippen molar-refractivity contribution in [2.75, 3.05) is 10.0 Å². The van der Waals surface area contributed by atoms with E-state index in [0.29, 0.717) is 16.9 Å². The molecule has 7 heteroatoms. The van der Waals surface area contributed by atoms with Gasteiger partial charge in [-0.15, -0.1) is 11.3 Å². The molecule has 1 amide bonds. The zero-order chi connectivity index (χ0) is 17.0. The molecule has 0 aliphatic rings. The molecule has 0 saturated carbocycles. The van der Waals surface area contributed by atoms with E-state index in [1.807, 2.05) is 6.07 Å². The number of carbonyl (C=O) groups is 1. The SMILES string of the molecule is O=C(Nc1ccc(NS(=O)(=O)c2cccs2)cc1)c1ccccc1. The summed E-state index contributed by atoms with van der Waals surface area (Å²) in [5.41, 5.74) is 1.57. The summed E-state index contributed by atoms with van der Waals surface area (Å²) in [5, 5.41) is 4.47. The summed E-state index contributed by atoms with van der Waals surface area (Å²) < 4.78 is 27.0. The standard InChI is InChI=1S/C17H14N2O3S2/c20-17(13-5-2-1-3-6-13)18-14-8-10-15(11-9-14)19-24(21,22)16-7-4-12-23-16/h1-12,19H,(H,18,20). The van der Waals surface area contributed by atoms with Crippen LogP contribution >= 0.6 is 11.3 Å². The monoisotopic (exact) mass is 358 g/mol. The highest BCUT2D eigenvalue weighted by Gasteiger charge is 2.15. The first-order valence-corrected chi connectivity index (χ1v) is 9.44. The maximum atomic E-state index is 12.1. The second-order valence-electron chi connectivity index (χ2n) is 4.94. The Kier molecular flexibility index (Phi) is 4.64. The molecule has 0 aliphatic carbocycles. The van der Waals surface area contributed by atoms with Crippen molar-refractivity contribution in [3.8, 4) is 0 Å². The molecule has 2 aromatic carbocycles. The molecule has 24 heavy (non-hydrogen) atoms. The van der Waals surface area contributed by atoms with Gasteiger partial charge in [0.25, 0.3) is 15.9 Å². The molecule has 5 nitrogen and oxygen atoms in total. The zero-order valence-electron chi connectivity index (χ0n) is 12.5. The van der Waals surface area contributed by atoms with E-state index >= 15 is 0 Å². The van der Waals surface area contributed by atoms with Gasteiger partial charge >= 0.3 is 0 Å². The Labute approximate surface area is 144 Å². The second kappa shape index (κ2) is 6.86. The minimum Gasteiger partial charge on any atom is -0.322 e. The van der Waals surface area contributed by atoms with Crippen molar-refractivity contribution in [2.45, 2.75) is 4.21 Å². The van der Waals surface area contributed by atoms with Crippen molar-refractivity contribution in [1.82, 2.24) is 0 Å². The number of hydrogen-bond acceptors (Lipinski definition) is 4. The van der Waals surface area contributed by atoms with Crippen LogP contribution in [0.15, 0.2) is 76.3 Å². The molecule has 0 spiro atoms. The van der Waals surface area contributed by atoms with Gasteiger partial charge in [0.2, 0.25) is 0 Å². The number of rotatable bonds is 5. The van der Waals surface area contributed by atoms with Crippen LogP contribution < -0.4 is 10.0 Å². The third-order valence-electron chi connectivity index (χ3n) is 3.19. The Hall–Kier alpha value is -2.64. The first-order chi connectivity index (χ1) is 11.5. The van der Waals surface area contributed by atoms with E-state index in [9.17, 15) is 13.2 Å². The molecule has 1 heterocycles. The van der Waals surface area contributed by atoms with Gasteiger partial charge in [-0.1, -0.05) is 24.3 Å². The van der Waals surface area contributed by atoms with Crippen molar-refractivity contribution in [3.05, 3.63) is 77.7 Å². The van der Waals surface area contributed by atoms with E-state index in [0.717, 1.165) is 11.3 Å². The molecule has 3 rings (SSSR count). The van der Waals surface area contributed by atoms with Crippen molar-refractivity contribution in [1.29, 1.82) is 0 Å². The predicted octanol–water partition coefficient (Wildman–Crippen LogP) is 3.80. The third kappa shape index (κ3) is 3.81. The first kappa shape index (κ1) is 16.2. The number of thiophene rings is 1. The third-order valence-corrected chi connectivity index (χ3v) is 5.97. The van der Waals surface area contributed by atoms with Crippen molar-refractivity contribution >= 4 is 38.6 Å². The lowest BCUT2D eigenvalue weighted by molar-refractivity contribution is 0.102. The number of nitrogens with one attached hydrogen (secondary N) is 2. The summed E-state index contributed by atoms with van der Waals surface area (Å²) in [5.74, 6) is -0.220. The molecular weight excluding hydrogens is 344 g/mol. The van der Waals surface area contributed by atoms with Gasteiger partial charge < -0.3 is 5.32 Å². The molecule has 0 bridgehead atoms. The van der Waals surface area contributed by atoms with E-state index in [-0.39, 0.29) is 10.1 Å². The Morgan fingerprint density at radius 3 is 2.12 bits per heavy atom. The van der Waals surface area contributed by atoms with Gasteiger partial charge in [0.1, 0.15) is 4.21 Å². The highest BCUT2D eigenvalue weighted by atomic mass is 32.2. The number of sulfonamides is 1. The van der Waals surface area contributed by atoms with Gasteiger partial charge in [0.15, 0.2) is 0 Å². The van der Waals surface area contributed by atoms with Gasteiger partial charge in [-0.05, 0) is 47.8 Å². The Balaban J connectivity index is 1.69. The van der Waals surface area contributed by atoms with Crippen molar-refractivity contribution in [2.24, 2.45) is 0 Å². The summed E-state index contributed by atoms with van der Waals surface area (Å²) in [6, 6.07) is 18.6. The fourth-order valence-corrected chi connectivity index (χ4v) is 4.09. The Morgan fingerprint density at radius 2 is 1.50 bits per heavy atom. The average molecular weight is 358 g/mol. The van der Waals surface area contributed by atoms with Crippen LogP contribution in [0, 0.1) is 0 Å². The molecule has 122 valence electrons. The van der Waals surface area contributed by atoms with Crippen LogP contribution in [-0.4, -0.2) is 14.3 Å². The average Bonchev–Trinajstić information content (AvgIpc) is 3.13. The minimum absolute atomic E-state index is 0.220. The van der Waals surface area contributed by atoms with Gasteiger partial charge in [-0.3, -0.25) is 9.52 Å². The largest absolute Gasteiger partial charge is 0.322 e. The van der Waals surface area contributed by atoms with Crippen molar-refractivity contribution in [3.63, 3.8) is 0 Å². The van der Waals surface area contributed by atoms with E-state index in [2.05, 4.69) is 10.0 Å². The second-order valence-corrected chi connectivity index (χ2v) is 7.79. The normalized spacial score (nSPS) is 11.0. The predicted molar refractivity (Wildman–Crippen MR) is 96.0 cm³/mol. The maximum Gasteiger partial charge on any atom is 0.271 e. The van der Waals surface area contributed by atoms with E-state index in [1.165, 1.54) is 0 Å². The lowest BCUT2D eigenvalue weighted by Crippen LogP contribution is -2.13. The molecule has 0 unspecified atom stereocenters. The lowest BCUT2D eigenvalue weighted by Gasteiger charge is -2.08. The Morgan fingerprint density at radius 1 is 0.833 bits per heavy atom. The summed E-state index contributed by atoms with van der Waals surface area (Å²) in [6.07, 6.45) is 0. The summed E-state index contributed by atoms with van der Waals surface area (Å²) >= 11 is 1.15. The number of benzene rings is 2. The highest BCUT2D eigenvalue weighted by molar-refractivity contribution is 7.94. The molecule has 3 aromatic rings. The minimum atomic E-state index is -3.57. The molecular formula is C17H14N2O3S2. The number of amides is 1. The lowest BCUT2D eigenvalue weighted by atomic mass is 10.2. The molecule has 0 fully saturated rings. The van der Waals surface area contributed by atoms with Crippen LogP contribution in [0.4, 0.5) is 11.4 Å². The number of anilines is 2. The van der Waals surface area contributed by atoms with Crippen LogP contribution in [0.2, 0.25) is 0 Å². The maximum absolute atomic E-state index is 12.1. The van der Waals surface area contributed by atoms with Crippen LogP contribution in [0.3, 0.4) is 0 Å². The molecule has 0 radical (unpaired) electrons. The van der Waals surface area contributed by atoms with Gasteiger partial charge in [0, 0.05) is 16.9 Å². The fourth-order valence-electron chi connectivity index (χ4n) is 2.04. The summed E-state index contributed by atoms with van der Waals surface area (Å²) in [7, 11) is -3.57. The molecule has 0 aliphatic heterocycles. The number of hydrogen-bond donors (Lipinski definition) is 2. The van der Waals surface area contributed by atoms with Crippen molar-refractivity contribution < 1.29 is 13.2 Å². The van der Waals surface area contributed by atoms with E-state index < -0.39 is 10.0 Å². The van der Waals surface area contributed by atoms with Crippen LogP contribution in [-0.2, 0) is 10.0 Å². The number of carbonyl (C=O) groups excluding carboxylic acids is 1. The summed E-state index contributed by atoms with van der Waals surface area (Å²) in [4.78, 5) is 12.1. The van der Waals surface area contributed by atoms with Crippen LogP contribution in [0.1, 0.15) is 10.4 Å². The Bertz CT molecular complexity index is 920. The molecule has 0 saturated heterocycles. The molecule has 1 aromatic heterocycles. The van der Waals surface area contributed by atoms with Gasteiger partial charge in [-0.2, -0.15) is 0 Å². The van der Waals surface area contributed by atoms with Crippen LogP contribution in [0.25, 0.3) is 0 Å². The zero-order valence-corrected chi connectivity index (χ0v) is 14.1. The van der Waals surface area contributed by atoms with E-state index in [4.69, 9.17) is 0 Å².